The van der Waals surface area contributed by atoms with E-state index < -0.39 is 19.9 Å². The van der Waals surface area contributed by atoms with Crippen LogP contribution in [0, 0.1) is 0 Å². The first-order chi connectivity index (χ1) is 22.5. The predicted octanol–water partition coefficient (Wildman–Crippen LogP) is 11.9. The smallest absolute Gasteiger partial charge is 0.323 e. The molecule has 2 atom stereocenters. The van der Waals surface area contributed by atoms with Crippen LogP contribution >= 0.6 is 7.82 Å². The predicted molar refractivity (Wildman–Crippen MR) is 181 cm³/mol. The minimum absolute atomic E-state index is 0.283. The van der Waals surface area contributed by atoms with Gasteiger partial charge >= 0.3 is 13.8 Å². The number of rotatable bonds is 32. The van der Waals surface area contributed by atoms with E-state index in [1.165, 1.54) is 148 Å². The SMILES string of the molecule is CCCCCCCCCCCCCCCCOC1(OCCCCCCCCCCCCCCCC)OOOOOP(=O)(O)OC1C. The van der Waals surface area contributed by atoms with Gasteiger partial charge in [0.05, 0.1) is 13.2 Å². The van der Waals surface area contributed by atoms with Crippen molar-refractivity contribution in [3.63, 3.8) is 0 Å². The van der Waals surface area contributed by atoms with Gasteiger partial charge in [-0.15, -0.1) is 4.89 Å². The zero-order chi connectivity index (χ0) is 33.4. The Morgan fingerprint density at radius 2 is 0.848 bits per heavy atom. The molecule has 0 bridgehead atoms. The highest BCUT2D eigenvalue weighted by molar-refractivity contribution is 7.47. The van der Waals surface area contributed by atoms with Crippen LogP contribution in [0.2, 0.25) is 0 Å². The summed E-state index contributed by atoms with van der Waals surface area (Å²) in [7, 11) is -4.64. The Labute approximate surface area is 281 Å². The van der Waals surface area contributed by atoms with Gasteiger partial charge in [-0.25, -0.2) is 4.57 Å². The topological polar surface area (TPSA) is 111 Å². The summed E-state index contributed by atoms with van der Waals surface area (Å²) in [5, 5.41) is 12.9. The molecular weight excluding hydrogens is 611 g/mol. The molecule has 2 unspecified atom stereocenters. The highest BCUT2D eigenvalue weighted by Gasteiger charge is 2.48. The summed E-state index contributed by atoms with van der Waals surface area (Å²) in [6.07, 6.45) is 33.8. The maximum atomic E-state index is 12.2. The van der Waals surface area contributed by atoms with Crippen LogP contribution < -0.4 is 0 Å². The Morgan fingerprint density at radius 1 is 0.522 bits per heavy atom. The Kier molecular flexibility index (Phi) is 29.5. The number of hydrogen-bond donors (Lipinski definition) is 1. The van der Waals surface area contributed by atoms with Gasteiger partial charge in [0.2, 0.25) is 0 Å². The van der Waals surface area contributed by atoms with Crippen LogP contribution in [-0.2, 0) is 43.2 Å². The van der Waals surface area contributed by atoms with Crippen LogP contribution in [0.1, 0.15) is 201 Å². The number of hydrogen-bond acceptors (Lipinski definition) is 9. The van der Waals surface area contributed by atoms with E-state index in [-0.39, 0.29) is 13.2 Å². The minimum atomic E-state index is -4.64. The van der Waals surface area contributed by atoms with Crippen LogP contribution in [-0.4, -0.2) is 30.2 Å². The fourth-order valence-electron chi connectivity index (χ4n) is 5.82. The molecule has 1 saturated heterocycles. The second-order valence-electron chi connectivity index (χ2n) is 13.1. The van der Waals surface area contributed by atoms with Gasteiger partial charge in [-0.3, -0.25) is 4.52 Å². The molecule has 1 fully saturated rings. The third-order valence-electron chi connectivity index (χ3n) is 8.72. The molecule has 1 aliphatic heterocycles. The molecule has 0 amide bonds. The van der Waals surface area contributed by atoms with Gasteiger partial charge in [0.25, 0.3) is 0 Å². The highest BCUT2D eigenvalue weighted by atomic mass is 31.2. The van der Waals surface area contributed by atoms with Crippen molar-refractivity contribution in [2.24, 2.45) is 0 Å². The molecule has 1 aliphatic rings. The van der Waals surface area contributed by atoms with E-state index in [0.29, 0.717) is 0 Å². The number of phosphoric acid groups is 1. The van der Waals surface area contributed by atoms with E-state index in [4.69, 9.17) is 18.9 Å². The first-order valence-electron chi connectivity index (χ1n) is 19.1. The highest BCUT2D eigenvalue weighted by Crippen LogP contribution is 2.48. The van der Waals surface area contributed by atoms with Crippen LogP contribution in [0.3, 0.4) is 0 Å². The molecule has 0 aromatic rings. The molecule has 46 heavy (non-hydrogen) atoms. The largest absolute Gasteiger partial charge is 0.502 e. The van der Waals surface area contributed by atoms with Crippen molar-refractivity contribution in [3.8, 4) is 0 Å². The van der Waals surface area contributed by atoms with Gasteiger partial charge in [0.1, 0.15) is 0 Å². The second-order valence-corrected chi connectivity index (χ2v) is 14.4. The van der Waals surface area contributed by atoms with Crippen LogP contribution in [0.15, 0.2) is 0 Å². The summed E-state index contributed by atoms with van der Waals surface area (Å²) in [6.45, 7) is 6.57. The standard InChI is InChI=1S/C35H71O10P/c1-4-6-8-10-12-14-16-18-20-22-24-26-28-30-32-38-35(34(3)40-46(36,37)45-44-43-42-41-35)39-33-31-29-27-25-23-21-19-17-15-13-11-9-7-5-2/h34H,4-33H2,1-3H3,(H,36,37). The maximum Gasteiger partial charge on any atom is 0.502 e. The zero-order valence-corrected chi connectivity index (χ0v) is 30.8. The van der Waals surface area contributed by atoms with Gasteiger partial charge in [-0.05, 0) is 34.9 Å². The van der Waals surface area contributed by atoms with Crippen molar-refractivity contribution >= 4 is 7.82 Å². The molecule has 0 spiro atoms. The Morgan fingerprint density at radius 3 is 1.20 bits per heavy atom. The van der Waals surface area contributed by atoms with Crippen molar-refractivity contribution in [1.29, 1.82) is 0 Å². The van der Waals surface area contributed by atoms with Crippen molar-refractivity contribution in [3.05, 3.63) is 0 Å². The van der Waals surface area contributed by atoms with Gasteiger partial charge in [-0.2, -0.15) is 0 Å². The Balaban J connectivity index is 2.27. The molecule has 1 heterocycles. The van der Waals surface area contributed by atoms with Crippen LogP contribution in [0.5, 0.6) is 0 Å². The van der Waals surface area contributed by atoms with Gasteiger partial charge in [0.15, 0.2) is 6.10 Å². The first-order valence-corrected chi connectivity index (χ1v) is 20.6. The molecular formula is C35H71O10P. The van der Waals surface area contributed by atoms with E-state index >= 15 is 0 Å². The van der Waals surface area contributed by atoms with Crippen LogP contribution in [0.25, 0.3) is 0 Å². The summed E-state index contributed by atoms with van der Waals surface area (Å²) in [5.41, 5.74) is 0. The maximum absolute atomic E-state index is 12.2. The minimum Gasteiger partial charge on any atom is -0.323 e. The molecule has 1 rings (SSSR count). The summed E-state index contributed by atoms with van der Waals surface area (Å²) < 4.78 is 33.5. The fraction of sp³-hybridized carbons (Fsp3) is 1.00. The van der Waals surface area contributed by atoms with E-state index in [1.54, 1.807) is 0 Å². The summed E-state index contributed by atoms with van der Waals surface area (Å²) in [5.74, 6) is -1.93. The normalized spacial score (nSPS) is 20.4. The molecule has 10 nitrogen and oxygen atoms in total. The lowest BCUT2D eigenvalue weighted by Gasteiger charge is -2.34. The van der Waals surface area contributed by atoms with Crippen molar-refractivity contribution in [1.82, 2.24) is 0 Å². The molecule has 1 N–H and O–H groups in total. The zero-order valence-electron chi connectivity index (χ0n) is 29.9. The second kappa shape index (κ2) is 30.9. The van der Waals surface area contributed by atoms with Crippen LogP contribution in [0.4, 0.5) is 0 Å². The third kappa shape index (κ3) is 24.9. The van der Waals surface area contributed by atoms with Crippen molar-refractivity contribution < 1.29 is 48.1 Å². The summed E-state index contributed by atoms with van der Waals surface area (Å²) in [6, 6.07) is 0. The molecule has 0 saturated carbocycles. The molecule has 0 aliphatic carbocycles. The monoisotopic (exact) mass is 682 g/mol. The van der Waals surface area contributed by atoms with Gasteiger partial charge < -0.3 is 14.4 Å². The average molecular weight is 683 g/mol. The summed E-state index contributed by atoms with van der Waals surface area (Å²) in [4.78, 5) is 15.2. The number of unbranched alkanes of at least 4 members (excludes halogenated alkanes) is 26. The van der Waals surface area contributed by atoms with E-state index in [1.807, 2.05) is 0 Å². The van der Waals surface area contributed by atoms with E-state index in [2.05, 4.69) is 33.6 Å². The van der Waals surface area contributed by atoms with Gasteiger partial charge in [0, 0.05) is 0 Å². The fourth-order valence-corrected chi connectivity index (χ4v) is 6.49. The van der Waals surface area contributed by atoms with E-state index in [9.17, 15) is 9.46 Å². The Bertz CT molecular complexity index is 664. The first kappa shape index (κ1) is 43.9. The number of phosphoric ester groups is 1. The third-order valence-corrected chi connectivity index (χ3v) is 9.55. The molecule has 0 aromatic heterocycles. The summed E-state index contributed by atoms with van der Waals surface area (Å²) >= 11 is 0. The molecule has 0 aromatic carbocycles. The van der Waals surface area contributed by atoms with Crippen molar-refractivity contribution in [2.75, 3.05) is 13.2 Å². The van der Waals surface area contributed by atoms with Gasteiger partial charge in [-0.1, -0.05) is 185 Å². The Hall–Kier alpha value is -0.130. The van der Waals surface area contributed by atoms with E-state index in [0.717, 1.165) is 38.5 Å². The molecule has 276 valence electrons. The lowest BCUT2D eigenvalue weighted by Crippen LogP contribution is -2.49. The van der Waals surface area contributed by atoms with Crippen molar-refractivity contribution in [2.45, 2.75) is 213 Å². The molecule has 0 radical (unpaired) electrons. The lowest BCUT2D eigenvalue weighted by atomic mass is 10.0. The number of ether oxygens (including phenoxy) is 2. The quantitative estimate of drug-likeness (QED) is 0.0318. The molecule has 11 heteroatoms. The lowest BCUT2D eigenvalue weighted by molar-refractivity contribution is -0.726. The average Bonchev–Trinajstić information content (AvgIpc) is 3.08.